The maximum absolute atomic E-state index is 11.9. The molecule has 2 rings (SSSR count). The van der Waals surface area contributed by atoms with Gasteiger partial charge in [-0.15, -0.1) is 0 Å². The van der Waals surface area contributed by atoms with E-state index in [2.05, 4.69) is 5.32 Å². The summed E-state index contributed by atoms with van der Waals surface area (Å²) in [5.74, 6) is 1.44. The Morgan fingerprint density at radius 2 is 1.79 bits per heavy atom. The fraction of sp³-hybridized carbons (Fsp3) is 0.350. The molecule has 0 aliphatic rings. The first kappa shape index (κ1) is 17.9. The summed E-state index contributed by atoms with van der Waals surface area (Å²) in [5, 5.41) is 2.86. The van der Waals surface area contributed by atoms with E-state index < -0.39 is 0 Å². The zero-order valence-electron chi connectivity index (χ0n) is 14.8. The van der Waals surface area contributed by atoms with Crippen molar-refractivity contribution >= 4 is 5.91 Å². The van der Waals surface area contributed by atoms with Crippen LogP contribution in [-0.2, 0) is 11.3 Å². The first-order valence-corrected chi connectivity index (χ1v) is 8.16. The molecule has 0 heterocycles. The Hall–Kier alpha value is -2.49. The molecule has 4 heteroatoms. The van der Waals surface area contributed by atoms with Gasteiger partial charge in [-0.05, 0) is 62.6 Å². The fourth-order valence-electron chi connectivity index (χ4n) is 2.22. The minimum Gasteiger partial charge on any atom is -0.491 e. The quantitative estimate of drug-likeness (QED) is 0.842. The largest absolute Gasteiger partial charge is 0.491 e. The highest BCUT2D eigenvalue weighted by Crippen LogP contribution is 2.19. The fourth-order valence-corrected chi connectivity index (χ4v) is 2.22. The van der Waals surface area contributed by atoms with Gasteiger partial charge in [-0.2, -0.15) is 0 Å². The lowest BCUT2D eigenvalue weighted by Gasteiger charge is -2.11. The van der Waals surface area contributed by atoms with Crippen LogP contribution in [0.5, 0.6) is 11.5 Å². The Balaban J connectivity index is 1.79. The lowest BCUT2D eigenvalue weighted by atomic mass is 10.1. The molecule has 24 heavy (non-hydrogen) atoms. The van der Waals surface area contributed by atoms with Gasteiger partial charge in [0.2, 0.25) is 0 Å². The molecule has 2 aromatic rings. The van der Waals surface area contributed by atoms with Gasteiger partial charge in [0, 0.05) is 6.54 Å². The molecule has 4 nitrogen and oxygen atoms in total. The SMILES string of the molecule is Cc1ccc(C)c(OCC(=O)NCc2ccc(OC(C)C)cc2)c1. The van der Waals surface area contributed by atoms with Gasteiger partial charge in [0.1, 0.15) is 11.5 Å². The molecule has 0 atom stereocenters. The number of hydrogen-bond acceptors (Lipinski definition) is 3. The third kappa shape index (κ3) is 5.61. The van der Waals surface area contributed by atoms with E-state index in [0.29, 0.717) is 6.54 Å². The van der Waals surface area contributed by atoms with E-state index in [1.807, 2.05) is 70.2 Å². The van der Waals surface area contributed by atoms with Crippen LogP contribution >= 0.6 is 0 Å². The molecule has 0 spiro atoms. The van der Waals surface area contributed by atoms with Crippen LogP contribution in [0.2, 0.25) is 0 Å². The molecule has 128 valence electrons. The average Bonchev–Trinajstić information content (AvgIpc) is 2.54. The lowest BCUT2D eigenvalue weighted by molar-refractivity contribution is -0.123. The standard InChI is InChI=1S/C20H25NO3/c1-14(2)24-18-9-7-17(8-10-18)12-21-20(22)13-23-19-11-15(3)5-6-16(19)4/h5-11,14H,12-13H2,1-4H3,(H,21,22). The predicted molar refractivity (Wildman–Crippen MR) is 95.5 cm³/mol. The Morgan fingerprint density at radius 1 is 1.08 bits per heavy atom. The van der Waals surface area contributed by atoms with Crippen LogP contribution in [0.25, 0.3) is 0 Å². The topological polar surface area (TPSA) is 47.6 Å². The van der Waals surface area contributed by atoms with Gasteiger partial charge in [-0.1, -0.05) is 24.3 Å². The van der Waals surface area contributed by atoms with Crippen molar-refractivity contribution in [2.24, 2.45) is 0 Å². The van der Waals surface area contributed by atoms with E-state index in [0.717, 1.165) is 28.2 Å². The number of nitrogens with one attached hydrogen (secondary N) is 1. The molecule has 0 bridgehead atoms. The van der Waals surface area contributed by atoms with E-state index in [4.69, 9.17) is 9.47 Å². The minimum absolute atomic E-state index is 0.0127. The van der Waals surface area contributed by atoms with Gasteiger partial charge in [0.05, 0.1) is 6.10 Å². The van der Waals surface area contributed by atoms with Gasteiger partial charge < -0.3 is 14.8 Å². The molecule has 1 N–H and O–H groups in total. The third-order valence-corrected chi connectivity index (χ3v) is 3.49. The van der Waals surface area contributed by atoms with Gasteiger partial charge in [-0.3, -0.25) is 4.79 Å². The summed E-state index contributed by atoms with van der Waals surface area (Å²) < 4.78 is 11.2. The summed E-state index contributed by atoms with van der Waals surface area (Å²) in [7, 11) is 0. The maximum Gasteiger partial charge on any atom is 0.258 e. The molecule has 0 unspecified atom stereocenters. The van der Waals surface area contributed by atoms with Crippen molar-refractivity contribution in [2.45, 2.75) is 40.3 Å². The van der Waals surface area contributed by atoms with Crippen molar-refractivity contribution in [1.82, 2.24) is 5.32 Å². The molecular formula is C20H25NO3. The first-order valence-electron chi connectivity index (χ1n) is 8.16. The average molecular weight is 327 g/mol. The molecule has 0 saturated carbocycles. The normalized spacial score (nSPS) is 10.5. The second-order valence-electron chi connectivity index (χ2n) is 6.14. The number of ether oxygens (including phenoxy) is 2. The monoisotopic (exact) mass is 327 g/mol. The molecular weight excluding hydrogens is 302 g/mol. The Labute approximate surface area is 143 Å². The smallest absolute Gasteiger partial charge is 0.258 e. The summed E-state index contributed by atoms with van der Waals surface area (Å²) in [6.07, 6.45) is 0.151. The van der Waals surface area contributed by atoms with E-state index in [-0.39, 0.29) is 18.6 Å². The van der Waals surface area contributed by atoms with Crippen LogP contribution in [0.1, 0.15) is 30.5 Å². The van der Waals surface area contributed by atoms with Gasteiger partial charge in [0.25, 0.3) is 5.91 Å². The van der Waals surface area contributed by atoms with Crippen LogP contribution in [-0.4, -0.2) is 18.6 Å². The predicted octanol–water partition coefficient (Wildman–Crippen LogP) is 3.79. The second-order valence-corrected chi connectivity index (χ2v) is 6.14. The maximum atomic E-state index is 11.9. The summed E-state index contributed by atoms with van der Waals surface area (Å²) in [6, 6.07) is 13.7. The van der Waals surface area contributed by atoms with E-state index in [1.54, 1.807) is 0 Å². The van der Waals surface area contributed by atoms with E-state index in [1.165, 1.54) is 0 Å². The Morgan fingerprint density at radius 3 is 2.46 bits per heavy atom. The van der Waals surface area contributed by atoms with Gasteiger partial charge >= 0.3 is 0 Å². The van der Waals surface area contributed by atoms with Crippen molar-refractivity contribution in [3.05, 3.63) is 59.2 Å². The van der Waals surface area contributed by atoms with Gasteiger partial charge in [0.15, 0.2) is 6.61 Å². The second kappa shape index (κ2) is 8.39. The molecule has 0 aliphatic carbocycles. The Bertz CT molecular complexity index is 678. The molecule has 2 aromatic carbocycles. The molecule has 1 amide bonds. The number of carbonyl (C=O) groups is 1. The number of rotatable bonds is 7. The summed E-state index contributed by atoms with van der Waals surface area (Å²) >= 11 is 0. The number of benzene rings is 2. The zero-order valence-corrected chi connectivity index (χ0v) is 14.8. The summed E-state index contributed by atoms with van der Waals surface area (Å²) in [5.41, 5.74) is 3.15. The van der Waals surface area contributed by atoms with E-state index in [9.17, 15) is 4.79 Å². The van der Waals surface area contributed by atoms with Crippen molar-refractivity contribution < 1.29 is 14.3 Å². The van der Waals surface area contributed by atoms with Crippen LogP contribution < -0.4 is 14.8 Å². The highest BCUT2D eigenvalue weighted by molar-refractivity contribution is 5.77. The molecule has 0 aliphatic heterocycles. The van der Waals surface area contributed by atoms with Gasteiger partial charge in [-0.25, -0.2) is 0 Å². The number of amides is 1. The summed E-state index contributed by atoms with van der Waals surface area (Å²) in [4.78, 5) is 11.9. The summed E-state index contributed by atoms with van der Waals surface area (Å²) in [6.45, 7) is 8.43. The Kier molecular flexibility index (Phi) is 6.24. The van der Waals surface area contributed by atoms with Crippen molar-refractivity contribution in [1.29, 1.82) is 0 Å². The van der Waals surface area contributed by atoms with Crippen LogP contribution in [0.4, 0.5) is 0 Å². The number of hydrogen-bond donors (Lipinski definition) is 1. The number of carbonyl (C=O) groups excluding carboxylic acids is 1. The third-order valence-electron chi connectivity index (χ3n) is 3.49. The molecule has 0 fully saturated rings. The molecule has 0 aromatic heterocycles. The highest BCUT2D eigenvalue weighted by Gasteiger charge is 2.06. The van der Waals surface area contributed by atoms with Crippen LogP contribution in [0.3, 0.4) is 0 Å². The van der Waals surface area contributed by atoms with Crippen molar-refractivity contribution in [3.8, 4) is 11.5 Å². The first-order chi connectivity index (χ1) is 11.4. The van der Waals surface area contributed by atoms with Crippen LogP contribution in [0.15, 0.2) is 42.5 Å². The zero-order chi connectivity index (χ0) is 17.5. The van der Waals surface area contributed by atoms with E-state index >= 15 is 0 Å². The number of aryl methyl sites for hydroxylation is 2. The molecule has 0 radical (unpaired) electrons. The highest BCUT2D eigenvalue weighted by atomic mass is 16.5. The van der Waals surface area contributed by atoms with Crippen molar-refractivity contribution in [3.63, 3.8) is 0 Å². The minimum atomic E-state index is -0.140. The lowest BCUT2D eigenvalue weighted by Crippen LogP contribution is -2.28. The van der Waals surface area contributed by atoms with Crippen molar-refractivity contribution in [2.75, 3.05) is 6.61 Å². The van der Waals surface area contributed by atoms with Crippen LogP contribution in [0, 0.1) is 13.8 Å². The molecule has 0 saturated heterocycles.